The average molecular weight is 328 g/mol. The number of carbonyl (C=O) groups excluding carboxylic acids is 2. The van der Waals surface area contributed by atoms with Gasteiger partial charge in [-0.2, -0.15) is 0 Å². The molecule has 0 saturated carbocycles. The first-order chi connectivity index (χ1) is 8.87. The summed E-state index contributed by atoms with van der Waals surface area (Å²) in [7, 11) is 0. The number of benzene rings is 1. The zero-order valence-electron chi connectivity index (χ0n) is 9.57. The maximum atomic E-state index is 11.2. The first kappa shape index (κ1) is 15.9. The fourth-order valence-electron chi connectivity index (χ4n) is 1.03. The van der Waals surface area contributed by atoms with Crippen LogP contribution in [0.5, 0.6) is 0 Å². The third-order valence-corrected chi connectivity index (χ3v) is 2.11. The van der Waals surface area contributed by atoms with E-state index in [1.54, 1.807) is 24.3 Å². The Kier molecular flexibility index (Phi) is 6.21. The van der Waals surface area contributed by atoms with Gasteiger partial charge in [0.25, 0.3) is 0 Å². The first-order valence-corrected chi connectivity index (χ1v) is 6.21. The van der Waals surface area contributed by atoms with Crippen LogP contribution in [-0.4, -0.2) is 22.6 Å². The zero-order valence-corrected chi connectivity index (χ0v) is 11.8. The summed E-state index contributed by atoms with van der Waals surface area (Å²) >= 11 is 16.1. The maximum absolute atomic E-state index is 11.2. The van der Waals surface area contributed by atoms with E-state index in [0.29, 0.717) is 0 Å². The highest BCUT2D eigenvalue weighted by Crippen LogP contribution is 2.25. The van der Waals surface area contributed by atoms with Crippen LogP contribution in [0.1, 0.15) is 5.56 Å². The molecule has 1 aromatic carbocycles. The highest BCUT2D eigenvalue weighted by Gasteiger charge is 2.22. The molecule has 8 heteroatoms. The SMILES string of the molecule is O=C([15NH]C(=O)OCC(Cl)(Cl)Cl)OCc1ccccc1. The zero-order chi connectivity index (χ0) is 14.3. The highest BCUT2D eigenvalue weighted by molar-refractivity contribution is 6.67. The summed E-state index contributed by atoms with van der Waals surface area (Å²) in [4.78, 5) is 22.3. The summed E-state index contributed by atoms with van der Waals surface area (Å²) in [5, 5.41) is 1.82. The Bertz CT molecular complexity index is 433. The molecule has 0 heterocycles. The van der Waals surface area contributed by atoms with Crippen LogP contribution in [0.2, 0.25) is 0 Å². The Balaban J connectivity index is 2.26. The summed E-state index contributed by atoms with van der Waals surface area (Å²) in [6, 6.07) is 8.97. The molecule has 1 N–H and O–H groups in total. The van der Waals surface area contributed by atoms with Crippen LogP contribution in [0.3, 0.4) is 0 Å². The molecule has 1 aromatic rings. The van der Waals surface area contributed by atoms with Crippen molar-refractivity contribution in [3.8, 4) is 0 Å². The molecule has 0 fully saturated rings. The van der Waals surface area contributed by atoms with Gasteiger partial charge in [0.1, 0.15) is 13.2 Å². The van der Waals surface area contributed by atoms with Crippen molar-refractivity contribution in [3.05, 3.63) is 35.9 Å². The minimum atomic E-state index is -1.73. The normalized spacial score (nSPS) is 10.7. The van der Waals surface area contributed by atoms with Crippen molar-refractivity contribution in [2.45, 2.75) is 10.4 Å². The first-order valence-electron chi connectivity index (χ1n) is 5.08. The quantitative estimate of drug-likeness (QED) is 0.682. The van der Waals surface area contributed by atoms with Gasteiger partial charge in [0.05, 0.1) is 0 Å². The molecule has 104 valence electrons. The van der Waals surface area contributed by atoms with E-state index >= 15 is 0 Å². The van der Waals surface area contributed by atoms with Gasteiger partial charge in [-0.15, -0.1) is 0 Å². The van der Waals surface area contributed by atoms with Gasteiger partial charge in [0.2, 0.25) is 3.79 Å². The number of carbonyl (C=O) groups is 2. The Labute approximate surface area is 124 Å². The monoisotopic (exact) mass is 326 g/mol. The number of nitrogens with one attached hydrogen (secondary N) is 1. The van der Waals surface area contributed by atoms with E-state index in [9.17, 15) is 9.59 Å². The Morgan fingerprint density at radius 1 is 1.05 bits per heavy atom. The Morgan fingerprint density at radius 2 is 1.63 bits per heavy atom. The number of imide groups is 1. The van der Waals surface area contributed by atoms with Crippen molar-refractivity contribution >= 4 is 47.0 Å². The predicted molar refractivity (Wildman–Crippen MR) is 71.4 cm³/mol. The van der Waals surface area contributed by atoms with Gasteiger partial charge in [-0.05, 0) is 5.56 Å². The fourth-order valence-corrected chi connectivity index (χ4v) is 1.19. The minimum absolute atomic E-state index is 0.0322. The van der Waals surface area contributed by atoms with Crippen molar-refractivity contribution in [2.75, 3.05) is 6.61 Å². The topological polar surface area (TPSA) is 64.6 Å². The number of alkyl halides is 3. The van der Waals surface area contributed by atoms with Crippen LogP contribution in [0.15, 0.2) is 30.3 Å². The van der Waals surface area contributed by atoms with Crippen molar-refractivity contribution in [3.63, 3.8) is 0 Å². The van der Waals surface area contributed by atoms with E-state index in [4.69, 9.17) is 39.5 Å². The fraction of sp³-hybridized carbons (Fsp3) is 0.273. The second-order valence-corrected chi connectivity index (χ2v) is 5.89. The molecule has 0 bridgehead atoms. The molecule has 0 atom stereocenters. The average Bonchev–Trinajstić information content (AvgIpc) is 2.34. The molecule has 0 aliphatic carbocycles. The molecule has 0 aliphatic rings. The number of halogens is 3. The number of alkyl carbamates (subject to hydrolysis) is 2. The number of hydrogen-bond donors (Lipinski definition) is 1. The van der Waals surface area contributed by atoms with Crippen LogP contribution < -0.4 is 5.32 Å². The lowest BCUT2D eigenvalue weighted by atomic mass is 10.2. The van der Waals surface area contributed by atoms with E-state index < -0.39 is 22.6 Å². The predicted octanol–water partition coefficient (Wildman–Crippen LogP) is 3.42. The smallest absolute Gasteiger partial charge is 0.416 e. The van der Waals surface area contributed by atoms with Crippen LogP contribution in [0, 0.1) is 0 Å². The largest absolute Gasteiger partial charge is 0.445 e. The molecule has 0 saturated heterocycles. The van der Waals surface area contributed by atoms with E-state index in [0.717, 1.165) is 5.56 Å². The molecule has 0 aliphatic heterocycles. The molecule has 2 amide bonds. The summed E-state index contributed by atoms with van der Waals surface area (Å²) < 4.78 is 7.53. The van der Waals surface area contributed by atoms with Crippen LogP contribution in [0.25, 0.3) is 0 Å². The second-order valence-electron chi connectivity index (χ2n) is 3.38. The maximum Gasteiger partial charge on any atom is 0.416 e. The molecule has 19 heavy (non-hydrogen) atoms. The molecule has 0 radical (unpaired) electrons. The molecule has 5 nitrogen and oxygen atoms in total. The minimum Gasteiger partial charge on any atom is -0.445 e. The summed E-state index contributed by atoms with van der Waals surface area (Å²) in [5.41, 5.74) is 0.785. The highest BCUT2D eigenvalue weighted by atomic mass is 35.6. The van der Waals surface area contributed by atoms with Gasteiger partial charge >= 0.3 is 12.2 Å². The molecular weight excluding hydrogens is 317 g/mol. The Hall–Kier alpha value is -1.17. The molecule has 0 spiro atoms. The van der Waals surface area contributed by atoms with E-state index in [1.807, 2.05) is 11.4 Å². The number of amides is 2. The second kappa shape index (κ2) is 7.43. The molecule has 0 aromatic heterocycles. The van der Waals surface area contributed by atoms with Crippen LogP contribution in [-0.2, 0) is 16.1 Å². The van der Waals surface area contributed by atoms with Crippen molar-refractivity contribution in [2.24, 2.45) is 0 Å². The Morgan fingerprint density at radius 3 is 2.21 bits per heavy atom. The lowest BCUT2D eigenvalue weighted by Gasteiger charge is -2.11. The van der Waals surface area contributed by atoms with E-state index in [-0.39, 0.29) is 6.61 Å². The van der Waals surface area contributed by atoms with E-state index in [2.05, 4.69) is 4.74 Å². The number of rotatable bonds is 3. The third kappa shape index (κ3) is 7.77. The molecule has 0 unspecified atom stereocenters. The van der Waals surface area contributed by atoms with Crippen LogP contribution in [0.4, 0.5) is 9.59 Å². The lowest BCUT2D eigenvalue weighted by molar-refractivity contribution is 0.121. The van der Waals surface area contributed by atoms with Crippen LogP contribution >= 0.6 is 34.8 Å². The van der Waals surface area contributed by atoms with Crippen molar-refractivity contribution in [1.29, 1.82) is 0 Å². The van der Waals surface area contributed by atoms with Gasteiger partial charge in [-0.3, -0.25) is 0 Å². The summed E-state index contributed by atoms with van der Waals surface area (Å²) in [6.07, 6.45) is -2.00. The molecule has 1 rings (SSSR count). The van der Waals surface area contributed by atoms with Gasteiger partial charge in [-0.25, -0.2) is 14.9 Å². The summed E-state index contributed by atoms with van der Waals surface area (Å²) in [5.74, 6) is 0. The lowest BCUT2D eigenvalue weighted by Crippen LogP contribution is -2.33. The van der Waals surface area contributed by atoms with Crippen molar-refractivity contribution < 1.29 is 19.1 Å². The summed E-state index contributed by atoms with van der Waals surface area (Å²) in [6.45, 7) is -0.445. The number of ether oxygens (including phenoxy) is 2. The van der Waals surface area contributed by atoms with Gasteiger partial charge < -0.3 is 9.47 Å². The van der Waals surface area contributed by atoms with E-state index in [1.165, 1.54) is 0 Å². The standard InChI is InChI=1S/C11H10Cl3NO4/c12-11(13,14)7-19-10(17)15-9(16)18-6-8-4-2-1-3-5-8/h1-5H,6-7H2,(H,15,16,17)/i15+1. The molecular formula is C11H10Cl3NO4. The number of hydrogen-bond acceptors (Lipinski definition) is 4. The van der Waals surface area contributed by atoms with Gasteiger partial charge in [0.15, 0.2) is 0 Å². The van der Waals surface area contributed by atoms with Gasteiger partial charge in [-0.1, -0.05) is 65.1 Å². The van der Waals surface area contributed by atoms with Crippen molar-refractivity contribution in [1.82, 2.24) is 5.32 Å². The third-order valence-electron chi connectivity index (χ3n) is 1.78. The van der Waals surface area contributed by atoms with Gasteiger partial charge in [0, 0.05) is 0 Å².